The summed E-state index contributed by atoms with van der Waals surface area (Å²) in [6.45, 7) is 4.59. The second kappa shape index (κ2) is 9.54. The van der Waals surface area contributed by atoms with Crippen LogP contribution >= 0.6 is 11.8 Å². The molecule has 3 rings (SSSR count). The van der Waals surface area contributed by atoms with Crippen molar-refractivity contribution in [1.29, 1.82) is 0 Å². The molecule has 7 nitrogen and oxygen atoms in total. The van der Waals surface area contributed by atoms with E-state index in [0.29, 0.717) is 23.3 Å². The molecular weight excluding hydrogens is 362 g/mol. The number of thioether (sulfide) groups is 1. The zero-order chi connectivity index (χ0) is 18.9. The molecule has 0 aliphatic rings. The summed E-state index contributed by atoms with van der Waals surface area (Å²) in [5.74, 6) is 1.99. The molecule has 8 heteroatoms. The minimum absolute atomic E-state index is 0.158. The van der Waals surface area contributed by atoms with Crippen molar-refractivity contribution in [3.63, 3.8) is 0 Å². The summed E-state index contributed by atoms with van der Waals surface area (Å²) in [6.07, 6.45) is 3.38. The number of carbonyl (C=O) groups is 1. The van der Waals surface area contributed by atoms with Crippen molar-refractivity contribution < 1.29 is 9.53 Å². The van der Waals surface area contributed by atoms with Crippen LogP contribution in [0.3, 0.4) is 0 Å². The van der Waals surface area contributed by atoms with Crippen molar-refractivity contribution in [3.8, 4) is 5.75 Å². The number of carbonyl (C=O) groups excluding carboxylic acids is 1. The van der Waals surface area contributed by atoms with Crippen LogP contribution in [0.2, 0.25) is 0 Å². The van der Waals surface area contributed by atoms with Gasteiger partial charge in [-0.15, -0.1) is 16.8 Å². The highest BCUT2D eigenvalue weighted by atomic mass is 32.2. The van der Waals surface area contributed by atoms with E-state index in [0.717, 1.165) is 5.75 Å². The predicted molar refractivity (Wildman–Crippen MR) is 105 cm³/mol. The molecule has 0 fully saturated rings. The first kappa shape index (κ1) is 18.7. The Morgan fingerprint density at radius 3 is 2.74 bits per heavy atom. The highest BCUT2D eigenvalue weighted by Gasteiger charge is 2.14. The van der Waals surface area contributed by atoms with Crippen LogP contribution in [0.25, 0.3) is 0 Å². The molecule has 0 spiro atoms. The number of pyridine rings is 1. The van der Waals surface area contributed by atoms with Gasteiger partial charge in [0, 0.05) is 12.7 Å². The van der Waals surface area contributed by atoms with Gasteiger partial charge < -0.3 is 10.1 Å². The Kier molecular flexibility index (Phi) is 6.59. The third-order valence-electron chi connectivity index (χ3n) is 3.48. The number of allylic oxidation sites excluding steroid dienone is 1. The molecule has 1 aromatic carbocycles. The molecule has 0 radical (unpaired) electrons. The maximum atomic E-state index is 12.1. The maximum absolute atomic E-state index is 12.1. The second-order valence-corrected chi connectivity index (χ2v) is 6.39. The lowest BCUT2D eigenvalue weighted by Gasteiger charge is -2.09. The lowest BCUT2D eigenvalue weighted by molar-refractivity contribution is -0.113. The average Bonchev–Trinajstić information content (AvgIpc) is 3.08. The minimum atomic E-state index is -0.158. The van der Waals surface area contributed by atoms with E-state index >= 15 is 0 Å². The first-order chi connectivity index (χ1) is 13.3. The SMILES string of the molecule is C=CCn1c(COc2ccccc2)nnc1SCC(=O)Nc1ccccn1. The van der Waals surface area contributed by atoms with Gasteiger partial charge >= 0.3 is 0 Å². The number of hydrogen-bond acceptors (Lipinski definition) is 6. The second-order valence-electron chi connectivity index (χ2n) is 5.45. The summed E-state index contributed by atoms with van der Waals surface area (Å²) in [6, 6.07) is 14.9. The smallest absolute Gasteiger partial charge is 0.236 e. The molecule has 3 aromatic rings. The fourth-order valence-electron chi connectivity index (χ4n) is 2.26. The molecule has 0 unspecified atom stereocenters. The quantitative estimate of drug-likeness (QED) is 0.453. The highest BCUT2D eigenvalue weighted by molar-refractivity contribution is 7.99. The van der Waals surface area contributed by atoms with E-state index in [1.165, 1.54) is 11.8 Å². The van der Waals surface area contributed by atoms with Crippen LogP contribution in [0, 0.1) is 0 Å². The number of amides is 1. The molecule has 0 aliphatic heterocycles. The zero-order valence-corrected chi connectivity index (χ0v) is 15.4. The van der Waals surface area contributed by atoms with E-state index in [9.17, 15) is 4.79 Å². The maximum Gasteiger partial charge on any atom is 0.236 e. The molecule has 1 amide bonds. The summed E-state index contributed by atoms with van der Waals surface area (Å²) >= 11 is 1.30. The van der Waals surface area contributed by atoms with Crippen molar-refractivity contribution in [3.05, 3.63) is 73.2 Å². The number of nitrogens with one attached hydrogen (secondary N) is 1. The minimum Gasteiger partial charge on any atom is -0.486 e. The van der Waals surface area contributed by atoms with Crippen LogP contribution in [-0.2, 0) is 17.9 Å². The summed E-state index contributed by atoms with van der Waals surface area (Å²) < 4.78 is 7.63. The van der Waals surface area contributed by atoms with Gasteiger partial charge in [-0.3, -0.25) is 9.36 Å². The first-order valence-corrected chi connectivity index (χ1v) is 9.29. The zero-order valence-electron chi connectivity index (χ0n) is 14.6. The van der Waals surface area contributed by atoms with E-state index in [1.807, 2.05) is 41.0 Å². The van der Waals surface area contributed by atoms with E-state index < -0.39 is 0 Å². The van der Waals surface area contributed by atoms with Crippen molar-refractivity contribution in [2.45, 2.75) is 18.3 Å². The average molecular weight is 381 g/mol. The molecule has 0 aliphatic carbocycles. The van der Waals surface area contributed by atoms with Crippen LogP contribution < -0.4 is 10.1 Å². The standard InChI is InChI=1S/C19H19N5O2S/c1-2-12-24-17(13-26-15-8-4-3-5-9-15)22-23-19(24)27-14-18(25)21-16-10-6-7-11-20-16/h2-11H,1,12-14H2,(H,20,21,25). The number of anilines is 1. The summed E-state index contributed by atoms with van der Waals surface area (Å²) in [5, 5.41) is 11.7. The molecule has 0 bridgehead atoms. The lowest BCUT2D eigenvalue weighted by atomic mass is 10.3. The highest BCUT2D eigenvalue weighted by Crippen LogP contribution is 2.19. The van der Waals surface area contributed by atoms with Crippen molar-refractivity contribution in [2.75, 3.05) is 11.1 Å². The number of aromatic nitrogens is 4. The van der Waals surface area contributed by atoms with Gasteiger partial charge in [-0.25, -0.2) is 4.98 Å². The molecule has 0 saturated carbocycles. The van der Waals surface area contributed by atoms with E-state index in [-0.39, 0.29) is 18.3 Å². The van der Waals surface area contributed by atoms with Crippen LogP contribution in [0.4, 0.5) is 5.82 Å². The number of nitrogens with zero attached hydrogens (tertiary/aromatic N) is 4. The number of para-hydroxylation sites is 1. The molecule has 2 heterocycles. The molecule has 2 aromatic heterocycles. The fraction of sp³-hybridized carbons (Fsp3) is 0.158. The van der Waals surface area contributed by atoms with Crippen molar-refractivity contribution in [2.24, 2.45) is 0 Å². The lowest BCUT2D eigenvalue weighted by Crippen LogP contribution is -2.15. The largest absolute Gasteiger partial charge is 0.486 e. The Balaban J connectivity index is 1.60. The number of benzene rings is 1. The van der Waals surface area contributed by atoms with Crippen molar-refractivity contribution in [1.82, 2.24) is 19.7 Å². The number of rotatable bonds is 9. The van der Waals surface area contributed by atoms with Gasteiger partial charge in [0.25, 0.3) is 0 Å². The van der Waals surface area contributed by atoms with Crippen LogP contribution in [0.5, 0.6) is 5.75 Å². The van der Waals surface area contributed by atoms with Gasteiger partial charge in [0.2, 0.25) is 5.91 Å². The fourth-order valence-corrected chi connectivity index (χ4v) is 3.02. The van der Waals surface area contributed by atoms with Crippen LogP contribution in [0.15, 0.2) is 72.5 Å². The Bertz CT molecular complexity index is 884. The molecule has 1 N–H and O–H groups in total. The normalized spacial score (nSPS) is 10.4. The Morgan fingerprint density at radius 1 is 1.19 bits per heavy atom. The third-order valence-corrected chi connectivity index (χ3v) is 4.45. The number of ether oxygens (including phenoxy) is 1. The van der Waals surface area contributed by atoms with Gasteiger partial charge in [-0.05, 0) is 24.3 Å². The third kappa shape index (κ3) is 5.42. The van der Waals surface area contributed by atoms with Crippen LogP contribution in [-0.4, -0.2) is 31.4 Å². The number of hydrogen-bond donors (Lipinski definition) is 1. The van der Waals surface area contributed by atoms with Crippen LogP contribution in [0.1, 0.15) is 5.82 Å². The van der Waals surface area contributed by atoms with Gasteiger partial charge in [0.1, 0.15) is 18.2 Å². The molecule has 0 atom stereocenters. The monoisotopic (exact) mass is 381 g/mol. The summed E-state index contributed by atoms with van der Waals surface area (Å²) in [4.78, 5) is 16.2. The predicted octanol–water partition coefficient (Wildman–Crippen LogP) is 3.17. The van der Waals surface area contributed by atoms with Gasteiger partial charge in [0.05, 0.1) is 5.75 Å². The molecule has 27 heavy (non-hydrogen) atoms. The van der Waals surface area contributed by atoms with Crippen molar-refractivity contribution >= 4 is 23.5 Å². The van der Waals surface area contributed by atoms with Gasteiger partial charge in [-0.1, -0.05) is 42.1 Å². The summed E-state index contributed by atoms with van der Waals surface area (Å²) in [5.41, 5.74) is 0. The molecule has 0 saturated heterocycles. The van der Waals surface area contributed by atoms with Gasteiger partial charge in [0.15, 0.2) is 11.0 Å². The topological polar surface area (TPSA) is 81.9 Å². The Morgan fingerprint density at radius 2 is 2.00 bits per heavy atom. The Hall–Kier alpha value is -3.13. The van der Waals surface area contributed by atoms with E-state index in [2.05, 4.69) is 27.1 Å². The Labute approximate surface area is 161 Å². The summed E-state index contributed by atoms with van der Waals surface area (Å²) in [7, 11) is 0. The first-order valence-electron chi connectivity index (χ1n) is 8.31. The molecular formula is C19H19N5O2S. The van der Waals surface area contributed by atoms with Gasteiger partial charge in [-0.2, -0.15) is 0 Å². The van der Waals surface area contributed by atoms with E-state index in [4.69, 9.17) is 4.74 Å². The van der Waals surface area contributed by atoms with E-state index in [1.54, 1.807) is 24.4 Å². The molecule has 138 valence electrons.